The Morgan fingerprint density at radius 3 is 2.55 bits per heavy atom. The van der Waals surface area contributed by atoms with Gasteiger partial charge in [-0.25, -0.2) is 18.2 Å². The zero-order valence-electron chi connectivity index (χ0n) is 16.3. The van der Waals surface area contributed by atoms with Gasteiger partial charge in [0, 0.05) is 0 Å². The number of hydrogen-bond donors (Lipinski definition) is 1. The first kappa shape index (κ1) is 19.6. The maximum absolute atomic E-state index is 12.8. The number of sulfone groups is 1. The van der Waals surface area contributed by atoms with Gasteiger partial charge in [-0.15, -0.1) is 11.3 Å². The lowest BCUT2D eigenvalue weighted by Crippen LogP contribution is -2.54. The predicted octanol–water partition coefficient (Wildman–Crippen LogP) is 4.29. The maximum atomic E-state index is 12.8. The standard InChI is InChI=1S/C21H20N4O2S2/c1-20(2)18(22)25-21(3,12-29(20,26)27)19-24-16-9-8-14(11-17(16)28-19)13-6-5-7-15(10-13)23-4/h5-11H,12H2,1-3H3,(H2,22,25)/t21-/m0/s1. The van der Waals surface area contributed by atoms with Crippen LogP contribution in [0.2, 0.25) is 0 Å². The minimum atomic E-state index is -3.48. The maximum Gasteiger partial charge on any atom is 0.187 e. The molecule has 2 N–H and O–H groups in total. The molecule has 0 amide bonds. The van der Waals surface area contributed by atoms with Crippen LogP contribution >= 0.6 is 11.3 Å². The number of amidine groups is 1. The lowest BCUT2D eigenvalue weighted by molar-refractivity contribution is 0.500. The number of nitrogens with zero attached hydrogens (tertiary/aromatic N) is 3. The van der Waals surface area contributed by atoms with Gasteiger partial charge in [0.25, 0.3) is 0 Å². The molecule has 0 aliphatic carbocycles. The van der Waals surface area contributed by atoms with E-state index in [2.05, 4.69) is 14.8 Å². The van der Waals surface area contributed by atoms with Crippen LogP contribution in [0, 0.1) is 6.57 Å². The normalized spacial score (nSPS) is 22.8. The minimum Gasteiger partial charge on any atom is -0.386 e. The molecule has 2 aromatic carbocycles. The summed E-state index contributed by atoms with van der Waals surface area (Å²) in [7, 11) is -3.48. The molecule has 1 aromatic heterocycles. The van der Waals surface area contributed by atoms with Crippen molar-refractivity contribution in [2.45, 2.75) is 31.1 Å². The summed E-state index contributed by atoms with van der Waals surface area (Å²) in [5.74, 6) is -0.0184. The number of nitrogens with two attached hydrogens (primary N) is 1. The SMILES string of the molecule is [C-]#[N+]c1cccc(-c2ccc3nc([C@]4(C)CS(=O)(=O)C(C)(C)C(N)=N4)sc3c2)c1. The van der Waals surface area contributed by atoms with E-state index in [0.29, 0.717) is 10.7 Å². The van der Waals surface area contributed by atoms with Crippen LogP contribution in [-0.4, -0.2) is 29.7 Å². The van der Waals surface area contributed by atoms with Crippen LogP contribution in [0.1, 0.15) is 25.8 Å². The third-order valence-corrected chi connectivity index (χ3v) is 9.37. The molecule has 8 heteroatoms. The number of fused-ring (bicyclic) bond motifs is 1. The molecule has 0 radical (unpaired) electrons. The molecule has 1 aliphatic heterocycles. The van der Waals surface area contributed by atoms with Crippen LogP contribution in [0.4, 0.5) is 5.69 Å². The van der Waals surface area contributed by atoms with E-state index in [0.717, 1.165) is 21.3 Å². The number of hydrogen-bond acceptors (Lipinski definition) is 6. The summed E-state index contributed by atoms with van der Waals surface area (Å²) in [5.41, 5.74) is 8.33. The molecule has 6 nitrogen and oxygen atoms in total. The van der Waals surface area contributed by atoms with Gasteiger partial charge in [-0.05, 0) is 50.1 Å². The Hall–Kier alpha value is -2.76. The molecular weight excluding hydrogens is 404 g/mol. The van der Waals surface area contributed by atoms with Crippen molar-refractivity contribution in [2.24, 2.45) is 10.7 Å². The fourth-order valence-electron chi connectivity index (χ4n) is 3.34. The van der Waals surface area contributed by atoms with Crippen LogP contribution in [-0.2, 0) is 15.4 Å². The molecule has 0 saturated carbocycles. The van der Waals surface area contributed by atoms with Crippen LogP contribution in [0.3, 0.4) is 0 Å². The highest BCUT2D eigenvalue weighted by Gasteiger charge is 2.49. The van der Waals surface area contributed by atoms with Gasteiger partial charge < -0.3 is 5.73 Å². The molecule has 3 aromatic rings. The Bertz CT molecular complexity index is 1320. The lowest BCUT2D eigenvalue weighted by Gasteiger charge is -2.36. The first-order valence-corrected chi connectivity index (χ1v) is 11.5. The van der Waals surface area contributed by atoms with Crippen LogP contribution in [0.25, 0.3) is 26.2 Å². The summed E-state index contributed by atoms with van der Waals surface area (Å²) in [6.07, 6.45) is 0. The van der Waals surface area contributed by atoms with E-state index in [4.69, 9.17) is 12.3 Å². The molecule has 0 fully saturated rings. The highest BCUT2D eigenvalue weighted by molar-refractivity contribution is 7.93. The number of aliphatic imine (C=N–C) groups is 1. The monoisotopic (exact) mass is 424 g/mol. The van der Waals surface area contributed by atoms with Crippen LogP contribution in [0.5, 0.6) is 0 Å². The van der Waals surface area contributed by atoms with Crippen molar-refractivity contribution in [3.8, 4) is 11.1 Å². The molecule has 4 rings (SSSR count). The number of benzene rings is 2. The predicted molar refractivity (Wildman–Crippen MR) is 118 cm³/mol. The topological polar surface area (TPSA) is 89.8 Å². The molecule has 1 atom stereocenters. The average Bonchev–Trinajstić information content (AvgIpc) is 3.10. The molecule has 0 spiro atoms. The smallest absolute Gasteiger partial charge is 0.187 e. The molecule has 0 bridgehead atoms. The second kappa shape index (κ2) is 6.37. The van der Waals surface area contributed by atoms with E-state index in [1.165, 1.54) is 11.3 Å². The molecule has 0 saturated heterocycles. The van der Waals surface area contributed by atoms with E-state index >= 15 is 0 Å². The Kier molecular flexibility index (Phi) is 4.30. The Morgan fingerprint density at radius 1 is 1.14 bits per heavy atom. The van der Waals surface area contributed by atoms with Gasteiger partial charge in [0.2, 0.25) is 0 Å². The van der Waals surface area contributed by atoms with Crippen molar-refractivity contribution in [1.29, 1.82) is 0 Å². The second-order valence-corrected chi connectivity index (χ2v) is 11.5. The van der Waals surface area contributed by atoms with E-state index in [1.54, 1.807) is 26.8 Å². The summed E-state index contributed by atoms with van der Waals surface area (Å²) in [4.78, 5) is 12.7. The van der Waals surface area contributed by atoms with Crippen LogP contribution in [0.15, 0.2) is 47.5 Å². The van der Waals surface area contributed by atoms with Gasteiger partial charge in [-0.2, -0.15) is 0 Å². The molecule has 2 heterocycles. The minimum absolute atomic E-state index is 0.113. The first-order valence-electron chi connectivity index (χ1n) is 9.03. The third-order valence-electron chi connectivity index (χ3n) is 5.39. The van der Waals surface area contributed by atoms with Crippen molar-refractivity contribution in [3.63, 3.8) is 0 Å². The summed E-state index contributed by atoms with van der Waals surface area (Å²) in [6, 6.07) is 13.3. The third kappa shape index (κ3) is 3.11. The van der Waals surface area contributed by atoms with Crippen molar-refractivity contribution >= 4 is 42.9 Å². The summed E-state index contributed by atoms with van der Waals surface area (Å²) < 4.78 is 25.4. The number of aromatic nitrogens is 1. The van der Waals surface area contributed by atoms with Gasteiger partial charge in [0.1, 0.15) is 21.1 Å². The van der Waals surface area contributed by atoms with Gasteiger partial charge in [0.15, 0.2) is 15.5 Å². The Balaban J connectivity index is 1.81. The molecule has 148 valence electrons. The lowest BCUT2D eigenvalue weighted by atomic mass is 10.0. The van der Waals surface area contributed by atoms with Crippen LogP contribution < -0.4 is 5.73 Å². The van der Waals surface area contributed by atoms with E-state index in [9.17, 15) is 8.42 Å². The summed E-state index contributed by atoms with van der Waals surface area (Å²) >= 11 is 1.43. The van der Waals surface area contributed by atoms with Gasteiger partial charge in [-0.1, -0.05) is 24.3 Å². The quantitative estimate of drug-likeness (QED) is 0.621. The van der Waals surface area contributed by atoms with Gasteiger partial charge in [0.05, 0.1) is 22.5 Å². The molecule has 29 heavy (non-hydrogen) atoms. The van der Waals surface area contributed by atoms with Crippen molar-refractivity contribution in [2.75, 3.05) is 5.75 Å². The molecule has 1 aliphatic rings. The van der Waals surface area contributed by atoms with Crippen molar-refractivity contribution in [3.05, 3.63) is 58.9 Å². The van der Waals surface area contributed by atoms with E-state index in [1.807, 2.05) is 36.4 Å². The highest BCUT2D eigenvalue weighted by Crippen LogP contribution is 2.40. The largest absolute Gasteiger partial charge is 0.386 e. The number of thiazole rings is 1. The van der Waals surface area contributed by atoms with Gasteiger partial charge >= 0.3 is 0 Å². The average molecular weight is 425 g/mol. The molecule has 0 unspecified atom stereocenters. The zero-order chi connectivity index (χ0) is 21.0. The summed E-state index contributed by atoms with van der Waals surface area (Å²) in [6.45, 7) is 12.1. The first-order chi connectivity index (χ1) is 13.6. The fourth-order valence-corrected chi connectivity index (χ4v) is 6.19. The van der Waals surface area contributed by atoms with E-state index < -0.39 is 20.1 Å². The Labute approximate surface area is 173 Å². The summed E-state index contributed by atoms with van der Waals surface area (Å²) in [5, 5.41) is 0.626. The molecular formula is C21H20N4O2S2. The van der Waals surface area contributed by atoms with Gasteiger partial charge in [-0.3, -0.25) is 4.99 Å². The number of rotatable bonds is 2. The van der Waals surface area contributed by atoms with Crippen molar-refractivity contribution < 1.29 is 8.42 Å². The van der Waals surface area contributed by atoms with E-state index in [-0.39, 0.29) is 11.6 Å². The Morgan fingerprint density at radius 2 is 1.86 bits per heavy atom. The second-order valence-electron chi connectivity index (χ2n) is 7.90. The fraction of sp³-hybridized carbons (Fsp3) is 0.286. The zero-order valence-corrected chi connectivity index (χ0v) is 17.9. The highest BCUT2D eigenvalue weighted by atomic mass is 32.2. The van der Waals surface area contributed by atoms with Crippen molar-refractivity contribution in [1.82, 2.24) is 4.98 Å².